The van der Waals surface area contributed by atoms with Gasteiger partial charge in [0.15, 0.2) is 23.6 Å². The molecule has 2 rings (SSSR count). The van der Waals surface area contributed by atoms with Crippen molar-refractivity contribution in [1.29, 1.82) is 0 Å². The maximum Gasteiger partial charge on any atom is 0.185 e. The molecule has 0 saturated heterocycles. The minimum atomic E-state index is -0.449. The summed E-state index contributed by atoms with van der Waals surface area (Å²) < 4.78 is 24.4. The van der Waals surface area contributed by atoms with E-state index in [0.29, 0.717) is 12.0 Å². The summed E-state index contributed by atoms with van der Waals surface area (Å²) in [5, 5.41) is 0. The summed E-state index contributed by atoms with van der Waals surface area (Å²) in [6, 6.07) is 7.56. The molecule has 3 nitrogen and oxygen atoms in total. The number of furan rings is 1. The third-order valence-electron chi connectivity index (χ3n) is 2.06. The summed E-state index contributed by atoms with van der Waals surface area (Å²) in [6.45, 7) is 0.0706. The Kier molecular flexibility index (Phi) is 3.58. The van der Waals surface area contributed by atoms with Gasteiger partial charge in [0.05, 0.1) is 0 Å². The van der Waals surface area contributed by atoms with Gasteiger partial charge in [-0.1, -0.05) is 15.9 Å². The Hall–Kier alpha value is -1.62. The first-order valence-corrected chi connectivity index (χ1v) is 5.60. The van der Waals surface area contributed by atoms with Crippen LogP contribution in [0.5, 0.6) is 5.75 Å². The minimum Gasteiger partial charge on any atom is -0.483 e. The molecule has 0 fully saturated rings. The number of aldehydes is 1. The highest BCUT2D eigenvalue weighted by atomic mass is 79.9. The molecule has 0 bridgehead atoms. The Morgan fingerprint density at radius 1 is 1.35 bits per heavy atom. The van der Waals surface area contributed by atoms with E-state index in [0.717, 1.165) is 4.47 Å². The third-order valence-corrected chi connectivity index (χ3v) is 2.56. The van der Waals surface area contributed by atoms with E-state index in [-0.39, 0.29) is 18.1 Å². The van der Waals surface area contributed by atoms with Crippen molar-refractivity contribution in [3.63, 3.8) is 0 Å². The molecular formula is C12H8BrFO3. The van der Waals surface area contributed by atoms with Crippen LogP contribution in [0.2, 0.25) is 0 Å². The fraction of sp³-hybridized carbons (Fsp3) is 0.0833. The third kappa shape index (κ3) is 2.94. The molecule has 1 heterocycles. The molecular weight excluding hydrogens is 291 g/mol. The Bertz CT molecular complexity index is 536. The van der Waals surface area contributed by atoms with Crippen LogP contribution in [0, 0.1) is 5.82 Å². The van der Waals surface area contributed by atoms with Crippen molar-refractivity contribution in [1.82, 2.24) is 0 Å². The lowest BCUT2D eigenvalue weighted by molar-refractivity contribution is 0.109. The van der Waals surface area contributed by atoms with Crippen LogP contribution in [0.4, 0.5) is 4.39 Å². The van der Waals surface area contributed by atoms with Gasteiger partial charge in [0.2, 0.25) is 0 Å². The highest BCUT2D eigenvalue weighted by Crippen LogP contribution is 2.23. The molecule has 0 unspecified atom stereocenters. The normalized spacial score (nSPS) is 10.2. The average molecular weight is 299 g/mol. The van der Waals surface area contributed by atoms with Crippen molar-refractivity contribution in [2.45, 2.75) is 6.61 Å². The van der Waals surface area contributed by atoms with Crippen LogP contribution < -0.4 is 4.74 Å². The number of hydrogen-bond donors (Lipinski definition) is 0. The average Bonchev–Trinajstić information content (AvgIpc) is 2.78. The quantitative estimate of drug-likeness (QED) is 0.810. The van der Waals surface area contributed by atoms with E-state index in [4.69, 9.17) is 9.15 Å². The molecule has 17 heavy (non-hydrogen) atoms. The Labute approximate surface area is 105 Å². The summed E-state index contributed by atoms with van der Waals surface area (Å²) in [5.74, 6) is 0.364. The molecule has 0 radical (unpaired) electrons. The van der Waals surface area contributed by atoms with Gasteiger partial charge >= 0.3 is 0 Å². The molecule has 5 heteroatoms. The molecule has 0 amide bonds. The lowest BCUT2D eigenvalue weighted by Gasteiger charge is -2.05. The predicted molar refractivity (Wildman–Crippen MR) is 62.5 cm³/mol. The van der Waals surface area contributed by atoms with Gasteiger partial charge in [-0.15, -0.1) is 0 Å². The van der Waals surface area contributed by atoms with Crippen molar-refractivity contribution < 1.29 is 18.3 Å². The number of ether oxygens (including phenoxy) is 1. The lowest BCUT2D eigenvalue weighted by atomic mass is 10.3. The Balaban J connectivity index is 2.06. The predicted octanol–water partition coefficient (Wildman–Crippen LogP) is 3.57. The molecule has 2 aromatic rings. The molecule has 0 aliphatic carbocycles. The highest BCUT2D eigenvalue weighted by Gasteiger charge is 2.06. The first kappa shape index (κ1) is 11.9. The maximum absolute atomic E-state index is 13.3. The molecule has 0 aliphatic heterocycles. The summed E-state index contributed by atoms with van der Waals surface area (Å²) in [6.07, 6.45) is 0.600. The number of carbonyl (C=O) groups excluding carboxylic acids is 1. The number of benzene rings is 1. The standard InChI is InChI=1S/C12H8BrFO3/c13-8-1-4-11(14)12(5-8)16-7-10-3-2-9(6-15)17-10/h1-6H,7H2. The van der Waals surface area contributed by atoms with E-state index < -0.39 is 5.82 Å². The van der Waals surface area contributed by atoms with Crippen LogP contribution in [0.15, 0.2) is 39.2 Å². The molecule has 1 aromatic carbocycles. The summed E-state index contributed by atoms with van der Waals surface area (Å²) >= 11 is 3.22. The van der Waals surface area contributed by atoms with Crippen molar-refractivity contribution in [2.24, 2.45) is 0 Å². The SMILES string of the molecule is O=Cc1ccc(COc2cc(Br)ccc2F)o1. The molecule has 0 N–H and O–H groups in total. The minimum absolute atomic E-state index is 0.0706. The number of carbonyl (C=O) groups is 1. The zero-order valence-electron chi connectivity index (χ0n) is 8.65. The van der Waals surface area contributed by atoms with E-state index in [1.165, 1.54) is 18.2 Å². The van der Waals surface area contributed by atoms with Gasteiger partial charge in [0.25, 0.3) is 0 Å². The molecule has 1 aromatic heterocycles. The van der Waals surface area contributed by atoms with E-state index in [2.05, 4.69) is 15.9 Å². The molecule has 0 aliphatic rings. The zero-order valence-corrected chi connectivity index (χ0v) is 10.2. The summed E-state index contributed by atoms with van der Waals surface area (Å²) in [7, 11) is 0. The van der Waals surface area contributed by atoms with Crippen LogP contribution in [-0.2, 0) is 6.61 Å². The number of rotatable bonds is 4. The second-order valence-electron chi connectivity index (χ2n) is 3.29. The van der Waals surface area contributed by atoms with Crippen LogP contribution in [0.25, 0.3) is 0 Å². The fourth-order valence-electron chi connectivity index (χ4n) is 1.27. The van der Waals surface area contributed by atoms with Crippen molar-refractivity contribution in [3.05, 3.63) is 52.1 Å². The van der Waals surface area contributed by atoms with Gasteiger partial charge in [0, 0.05) is 4.47 Å². The van der Waals surface area contributed by atoms with Crippen molar-refractivity contribution in [3.8, 4) is 5.75 Å². The fourth-order valence-corrected chi connectivity index (χ4v) is 1.61. The van der Waals surface area contributed by atoms with Crippen LogP contribution >= 0.6 is 15.9 Å². The summed E-state index contributed by atoms with van der Waals surface area (Å²) in [4.78, 5) is 10.4. The Morgan fingerprint density at radius 3 is 2.88 bits per heavy atom. The van der Waals surface area contributed by atoms with Crippen LogP contribution in [0.3, 0.4) is 0 Å². The van der Waals surface area contributed by atoms with Crippen LogP contribution in [0.1, 0.15) is 16.3 Å². The molecule has 0 saturated carbocycles. The Morgan fingerprint density at radius 2 is 2.18 bits per heavy atom. The molecule has 88 valence electrons. The number of halogens is 2. The van der Waals surface area contributed by atoms with E-state index in [1.54, 1.807) is 12.1 Å². The van der Waals surface area contributed by atoms with Crippen molar-refractivity contribution >= 4 is 22.2 Å². The zero-order chi connectivity index (χ0) is 12.3. The van der Waals surface area contributed by atoms with Gasteiger partial charge in [-0.2, -0.15) is 0 Å². The smallest absolute Gasteiger partial charge is 0.185 e. The largest absolute Gasteiger partial charge is 0.483 e. The summed E-state index contributed by atoms with van der Waals surface area (Å²) in [5.41, 5.74) is 0. The second kappa shape index (κ2) is 5.14. The van der Waals surface area contributed by atoms with Gasteiger partial charge < -0.3 is 9.15 Å². The van der Waals surface area contributed by atoms with E-state index >= 15 is 0 Å². The second-order valence-corrected chi connectivity index (χ2v) is 4.20. The first-order valence-electron chi connectivity index (χ1n) is 4.81. The first-order chi connectivity index (χ1) is 8.19. The molecule has 0 spiro atoms. The highest BCUT2D eigenvalue weighted by molar-refractivity contribution is 9.10. The van der Waals surface area contributed by atoms with Crippen LogP contribution in [-0.4, -0.2) is 6.29 Å². The topological polar surface area (TPSA) is 39.4 Å². The number of hydrogen-bond acceptors (Lipinski definition) is 3. The van der Waals surface area contributed by atoms with Gasteiger partial charge in [0.1, 0.15) is 12.4 Å². The van der Waals surface area contributed by atoms with Crippen molar-refractivity contribution in [2.75, 3.05) is 0 Å². The van der Waals surface area contributed by atoms with Gasteiger partial charge in [-0.25, -0.2) is 4.39 Å². The van der Waals surface area contributed by atoms with Gasteiger partial charge in [-0.05, 0) is 30.3 Å². The monoisotopic (exact) mass is 298 g/mol. The lowest BCUT2D eigenvalue weighted by Crippen LogP contribution is -1.96. The molecule has 0 atom stereocenters. The van der Waals surface area contributed by atoms with E-state index in [9.17, 15) is 9.18 Å². The van der Waals surface area contributed by atoms with E-state index in [1.807, 2.05) is 0 Å². The maximum atomic E-state index is 13.3. The van der Waals surface area contributed by atoms with Gasteiger partial charge in [-0.3, -0.25) is 4.79 Å².